The average Bonchev–Trinajstić information content (AvgIpc) is 3.25. The first-order valence-corrected chi connectivity index (χ1v) is 9.50. The second-order valence-electron chi connectivity index (χ2n) is 6.81. The molecule has 0 aliphatic rings. The number of unbranched alkanes of at least 4 members (excludes halogenated alkanes) is 5. The maximum atomic E-state index is 11.2. The first-order chi connectivity index (χ1) is 13.6. The molecular formula is C19H28N4O5. The monoisotopic (exact) mass is 392 g/mol. The molecule has 0 atom stereocenters. The number of rotatable bonds is 14. The van der Waals surface area contributed by atoms with E-state index in [2.05, 4.69) is 15.1 Å². The van der Waals surface area contributed by atoms with Crippen molar-refractivity contribution < 1.29 is 24.9 Å². The van der Waals surface area contributed by atoms with Crippen LogP contribution in [0.4, 0.5) is 0 Å². The van der Waals surface area contributed by atoms with Gasteiger partial charge in [-0.05, 0) is 25.0 Å². The van der Waals surface area contributed by atoms with Gasteiger partial charge in [-0.2, -0.15) is 5.10 Å². The summed E-state index contributed by atoms with van der Waals surface area (Å²) in [5.74, 6) is 0.250. The molecule has 2 aromatic heterocycles. The summed E-state index contributed by atoms with van der Waals surface area (Å²) in [4.78, 5) is 19.3. The van der Waals surface area contributed by atoms with Gasteiger partial charge in [-0.1, -0.05) is 32.1 Å². The Kier molecular flexibility index (Phi) is 8.83. The molecule has 154 valence electrons. The van der Waals surface area contributed by atoms with E-state index < -0.39 is 24.6 Å². The molecule has 0 bridgehead atoms. The van der Waals surface area contributed by atoms with Crippen molar-refractivity contribution >= 4 is 5.97 Å². The highest BCUT2D eigenvalue weighted by Gasteiger charge is 2.36. The minimum Gasteiger partial charge on any atom is -0.492 e. The third-order valence-electron chi connectivity index (χ3n) is 4.75. The van der Waals surface area contributed by atoms with Gasteiger partial charge in [0.25, 0.3) is 0 Å². The number of aromatic nitrogens is 4. The lowest BCUT2D eigenvalue weighted by Crippen LogP contribution is -2.38. The van der Waals surface area contributed by atoms with Crippen molar-refractivity contribution in [2.24, 2.45) is 5.41 Å². The number of aliphatic hydroxyl groups excluding tert-OH is 2. The summed E-state index contributed by atoms with van der Waals surface area (Å²) in [5.41, 5.74) is -1.41. The molecular weight excluding hydrogens is 364 g/mol. The standard InChI is InChI=1S/C19H28N4O5/c24-12-19(13-25,18(26)27)9-5-3-1-2-4-6-10-28-16-7-8-17(21-11-16)23-15-20-14-22-23/h7-8,11,14-15,24-25H,1-6,9-10,12-13H2,(H,26,27). The van der Waals surface area contributed by atoms with Crippen molar-refractivity contribution in [3.8, 4) is 11.6 Å². The van der Waals surface area contributed by atoms with Crippen LogP contribution in [-0.2, 0) is 4.79 Å². The minimum absolute atomic E-state index is 0.288. The summed E-state index contributed by atoms with van der Waals surface area (Å²) in [5, 5.41) is 31.6. The summed E-state index contributed by atoms with van der Waals surface area (Å²) < 4.78 is 7.25. The molecule has 0 spiro atoms. The number of nitrogens with zero attached hydrogens (tertiary/aromatic N) is 4. The maximum absolute atomic E-state index is 11.2. The van der Waals surface area contributed by atoms with E-state index in [-0.39, 0.29) is 6.42 Å². The SMILES string of the molecule is O=C(O)C(CO)(CO)CCCCCCCCOc1ccc(-n2cncn2)nc1. The van der Waals surface area contributed by atoms with Crippen molar-refractivity contribution in [1.29, 1.82) is 0 Å². The summed E-state index contributed by atoms with van der Waals surface area (Å²) >= 11 is 0. The van der Waals surface area contributed by atoms with E-state index in [1.54, 1.807) is 17.2 Å². The van der Waals surface area contributed by atoms with Gasteiger partial charge in [0.2, 0.25) is 0 Å². The van der Waals surface area contributed by atoms with Gasteiger partial charge >= 0.3 is 5.97 Å². The summed E-state index contributed by atoms with van der Waals surface area (Å²) in [7, 11) is 0. The normalized spacial score (nSPS) is 11.5. The van der Waals surface area contributed by atoms with E-state index in [0.717, 1.165) is 32.1 Å². The van der Waals surface area contributed by atoms with Gasteiger partial charge in [-0.15, -0.1) is 0 Å². The lowest BCUT2D eigenvalue weighted by molar-refractivity contribution is -0.155. The van der Waals surface area contributed by atoms with Crippen LogP contribution in [0.3, 0.4) is 0 Å². The number of carboxylic acid groups (broad SMARTS) is 1. The van der Waals surface area contributed by atoms with Crippen LogP contribution in [-0.4, -0.2) is 60.9 Å². The number of carboxylic acids is 1. The zero-order chi connectivity index (χ0) is 20.2. The van der Waals surface area contributed by atoms with Crippen LogP contribution >= 0.6 is 0 Å². The fraction of sp³-hybridized carbons (Fsp3) is 0.579. The van der Waals surface area contributed by atoms with E-state index in [0.29, 0.717) is 24.6 Å². The molecule has 2 heterocycles. The van der Waals surface area contributed by atoms with Gasteiger partial charge in [-0.25, -0.2) is 14.6 Å². The minimum atomic E-state index is -1.41. The molecule has 3 N–H and O–H groups in total. The number of aliphatic hydroxyl groups is 2. The van der Waals surface area contributed by atoms with E-state index in [9.17, 15) is 15.0 Å². The van der Waals surface area contributed by atoms with Crippen LogP contribution in [0.25, 0.3) is 5.82 Å². The predicted molar refractivity (Wildman–Crippen MR) is 101 cm³/mol. The van der Waals surface area contributed by atoms with Gasteiger partial charge in [0.05, 0.1) is 26.0 Å². The van der Waals surface area contributed by atoms with Crippen molar-refractivity contribution in [3.05, 3.63) is 31.0 Å². The van der Waals surface area contributed by atoms with Crippen LogP contribution in [0.5, 0.6) is 5.75 Å². The first kappa shape index (κ1) is 21.8. The van der Waals surface area contributed by atoms with Gasteiger partial charge in [-0.3, -0.25) is 4.79 Å². The maximum Gasteiger partial charge on any atom is 0.314 e. The Hall–Kier alpha value is -2.52. The van der Waals surface area contributed by atoms with Crippen LogP contribution in [0.2, 0.25) is 0 Å². The molecule has 0 radical (unpaired) electrons. The number of carbonyl (C=O) groups is 1. The predicted octanol–water partition coefficient (Wildman–Crippen LogP) is 1.83. The van der Waals surface area contributed by atoms with Crippen molar-refractivity contribution in [2.45, 2.75) is 44.9 Å². The Morgan fingerprint density at radius 2 is 1.79 bits per heavy atom. The first-order valence-electron chi connectivity index (χ1n) is 9.50. The third-order valence-corrected chi connectivity index (χ3v) is 4.75. The molecule has 2 rings (SSSR count). The molecule has 9 nitrogen and oxygen atoms in total. The van der Waals surface area contributed by atoms with Gasteiger partial charge in [0, 0.05) is 0 Å². The Bertz CT molecular complexity index is 687. The molecule has 0 saturated carbocycles. The Labute approximate surface area is 164 Å². The van der Waals surface area contributed by atoms with Crippen LogP contribution in [0.15, 0.2) is 31.0 Å². The van der Waals surface area contributed by atoms with E-state index >= 15 is 0 Å². The van der Waals surface area contributed by atoms with Crippen LogP contribution in [0, 0.1) is 5.41 Å². The van der Waals surface area contributed by atoms with Crippen LogP contribution < -0.4 is 4.74 Å². The number of hydrogen-bond acceptors (Lipinski definition) is 7. The van der Waals surface area contributed by atoms with Gasteiger partial charge in [0.1, 0.15) is 23.8 Å². The summed E-state index contributed by atoms with van der Waals surface area (Å²) in [6, 6.07) is 3.67. The molecule has 0 fully saturated rings. The highest BCUT2D eigenvalue weighted by molar-refractivity contribution is 5.74. The molecule has 0 unspecified atom stereocenters. The lowest BCUT2D eigenvalue weighted by Gasteiger charge is -2.24. The zero-order valence-corrected chi connectivity index (χ0v) is 15.9. The molecule has 0 aliphatic heterocycles. The smallest absolute Gasteiger partial charge is 0.314 e. The highest BCUT2D eigenvalue weighted by atomic mass is 16.5. The zero-order valence-electron chi connectivity index (χ0n) is 15.9. The molecule has 9 heteroatoms. The molecule has 0 amide bonds. The molecule has 0 saturated heterocycles. The summed E-state index contributed by atoms with van der Waals surface area (Å²) in [6.45, 7) is -0.461. The quantitative estimate of drug-likeness (QED) is 0.415. The second-order valence-corrected chi connectivity index (χ2v) is 6.81. The van der Waals surface area contributed by atoms with Crippen molar-refractivity contribution in [1.82, 2.24) is 19.7 Å². The van der Waals surface area contributed by atoms with Gasteiger partial charge in [0.15, 0.2) is 5.82 Å². The Morgan fingerprint density at radius 3 is 2.36 bits per heavy atom. The second kappa shape index (κ2) is 11.4. The third kappa shape index (κ3) is 6.28. The van der Waals surface area contributed by atoms with E-state index in [4.69, 9.17) is 9.84 Å². The number of hydrogen-bond donors (Lipinski definition) is 3. The lowest BCUT2D eigenvalue weighted by atomic mass is 9.84. The molecule has 28 heavy (non-hydrogen) atoms. The summed E-state index contributed by atoms with van der Waals surface area (Å²) in [6.07, 6.45) is 10.5. The largest absolute Gasteiger partial charge is 0.492 e. The van der Waals surface area contributed by atoms with Crippen molar-refractivity contribution in [3.63, 3.8) is 0 Å². The molecule has 0 aliphatic carbocycles. The number of aliphatic carboxylic acids is 1. The Morgan fingerprint density at radius 1 is 1.07 bits per heavy atom. The molecule has 0 aromatic carbocycles. The fourth-order valence-electron chi connectivity index (χ4n) is 2.83. The molecule has 2 aromatic rings. The topological polar surface area (TPSA) is 131 Å². The average molecular weight is 392 g/mol. The van der Waals surface area contributed by atoms with Crippen molar-refractivity contribution in [2.75, 3.05) is 19.8 Å². The van der Waals surface area contributed by atoms with E-state index in [1.165, 1.54) is 6.33 Å². The fourth-order valence-corrected chi connectivity index (χ4v) is 2.83. The van der Waals surface area contributed by atoms with Gasteiger partial charge < -0.3 is 20.1 Å². The highest BCUT2D eigenvalue weighted by Crippen LogP contribution is 2.25. The number of ether oxygens (including phenoxy) is 1. The Balaban J connectivity index is 1.53. The van der Waals surface area contributed by atoms with E-state index in [1.807, 2.05) is 12.1 Å². The number of pyridine rings is 1. The van der Waals surface area contributed by atoms with Crippen LogP contribution in [0.1, 0.15) is 44.9 Å².